The number of aliphatic hydroxyl groups is 1. The summed E-state index contributed by atoms with van der Waals surface area (Å²) in [5.74, 6) is -1.99. The molecule has 1 aliphatic heterocycles. The first-order valence-corrected chi connectivity index (χ1v) is 9.25. The number of aliphatic hydroxyl groups excluding tert-OH is 1. The number of β-amino-alcohol motifs (C(OH)–C–C–N with tert-alkyl or cyclic N) is 1. The Kier molecular flexibility index (Phi) is 6.11. The third-order valence-electron chi connectivity index (χ3n) is 3.91. The summed E-state index contributed by atoms with van der Waals surface area (Å²) in [6.45, 7) is 1.81. The quantitative estimate of drug-likeness (QED) is 0.563. The minimum Gasteiger partial charge on any atom is -0.478 e. The zero-order chi connectivity index (χ0) is 18.6. The van der Waals surface area contributed by atoms with Crippen LogP contribution < -0.4 is 0 Å². The molecule has 0 bridgehead atoms. The predicted octanol–water partition coefficient (Wildman–Crippen LogP) is -0.609. The number of aromatic carboxylic acids is 1. The number of amides is 1. The Balaban J connectivity index is 1.86. The molecule has 0 aliphatic carbocycles. The summed E-state index contributed by atoms with van der Waals surface area (Å²) < 4.78 is 30.2. The average Bonchev–Trinajstić information content (AvgIpc) is 2.53. The highest BCUT2D eigenvalue weighted by molar-refractivity contribution is 7.85. The number of nitrogens with zero attached hydrogens (tertiary/aromatic N) is 2. The monoisotopic (exact) mass is 372 g/mol. The van der Waals surface area contributed by atoms with E-state index in [4.69, 9.17) is 9.66 Å². The lowest BCUT2D eigenvalue weighted by Gasteiger charge is -2.35. The number of hydrogen-bond acceptors (Lipinski definition) is 6. The zero-order valence-corrected chi connectivity index (χ0v) is 14.2. The molecule has 0 aromatic heterocycles. The van der Waals surface area contributed by atoms with Gasteiger partial charge >= 0.3 is 5.97 Å². The van der Waals surface area contributed by atoms with Crippen LogP contribution in [0, 0.1) is 0 Å². The number of carbonyl (C=O) groups is 2. The minimum atomic E-state index is -4.23. The zero-order valence-electron chi connectivity index (χ0n) is 13.4. The SMILES string of the molecule is O=C(O)c1ccc(C(=O)N2CCN(C[C@H](O)CS(=O)(=O)O)CC2)cc1. The van der Waals surface area contributed by atoms with Gasteiger partial charge in [0.2, 0.25) is 0 Å². The summed E-state index contributed by atoms with van der Waals surface area (Å²) in [5, 5.41) is 18.5. The summed E-state index contributed by atoms with van der Waals surface area (Å²) in [4.78, 5) is 26.6. The first kappa shape index (κ1) is 19.3. The number of hydrogen-bond donors (Lipinski definition) is 3. The molecule has 0 saturated carbocycles. The molecule has 1 heterocycles. The second-order valence-electron chi connectivity index (χ2n) is 5.88. The normalized spacial score (nSPS) is 17.3. The van der Waals surface area contributed by atoms with E-state index in [0.717, 1.165) is 0 Å². The highest BCUT2D eigenvalue weighted by Gasteiger charge is 2.24. The maximum absolute atomic E-state index is 12.4. The van der Waals surface area contributed by atoms with Crippen LogP contribution in [0.15, 0.2) is 24.3 Å². The van der Waals surface area contributed by atoms with Crippen molar-refractivity contribution in [3.63, 3.8) is 0 Å². The van der Waals surface area contributed by atoms with Crippen molar-refractivity contribution < 1.29 is 32.8 Å². The second kappa shape index (κ2) is 7.91. The molecule has 0 unspecified atom stereocenters. The molecule has 0 radical (unpaired) electrons. The van der Waals surface area contributed by atoms with Crippen LogP contribution in [0.4, 0.5) is 0 Å². The van der Waals surface area contributed by atoms with Crippen LogP contribution in [-0.2, 0) is 10.1 Å². The number of carbonyl (C=O) groups excluding carboxylic acids is 1. The average molecular weight is 372 g/mol. The Morgan fingerprint density at radius 1 is 1.04 bits per heavy atom. The van der Waals surface area contributed by atoms with E-state index in [-0.39, 0.29) is 18.0 Å². The van der Waals surface area contributed by atoms with Gasteiger partial charge in [-0.3, -0.25) is 14.2 Å². The molecule has 1 aromatic carbocycles. The van der Waals surface area contributed by atoms with E-state index in [9.17, 15) is 23.1 Å². The van der Waals surface area contributed by atoms with E-state index in [1.807, 2.05) is 4.90 Å². The summed E-state index contributed by atoms with van der Waals surface area (Å²) in [6.07, 6.45) is -1.19. The molecule has 25 heavy (non-hydrogen) atoms. The van der Waals surface area contributed by atoms with Crippen LogP contribution >= 0.6 is 0 Å². The van der Waals surface area contributed by atoms with Crippen LogP contribution in [0.1, 0.15) is 20.7 Å². The van der Waals surface area contributed by atoms with Gasteiger partial charge in [-0.05, 0) is 24.3 Å². The van der Waals surface area contributed by atoms with Gasteiger partial charge in [0.15, 0.2) is 0 Å². The van der Waals surface area contributed by atoms with E-state index >= 15 is 0 Å². The molecule has 1 aliphatic rings. The Labute approximate surface area is 145 Å². The molecule has 1 amide bonds. The van der Waals surface area contributed by atoms with E-state index in [2.05, 4.69) is 0 Å². The smallest absolute Gasteiger partial charge is 0.335 e. The minimum absolute atomic E-state index is 0.0924. The van der Waals surface area contributed by atoms with Gasteiger partial charge in [0.1, 0.15) is 5.75 Å². The summed E-state index contributed by atoms with van der Waals surface area (Å²) in [6, 6.07) is 5.68. The third kappa shape index (κ3) is 5.78. The fourth-order valence-electron chi connectivity index (χ4n) is 2.67. The van der Waals surface area contributed by atoms with Gasteiger partial charge in [-0.15, -0.1) is 0 Å². The predicted molar refractivity (Wildman–Crippen MR) is 88.2 cm³/mol. The van der Waals surface area contributed by atoms with E-state index in [1.54, 1.807) is 4.90 Å². The van der Waals surface area contributed by atoms with Crippen LogP contribution in [0.25, 0.3) is 0 Å². The van der Waals surface area contributed by atoms with Crippen molar-refractivity contribution in [2.75, 3.05) is 38.5 Å². The molecule has 0 spiro atoms. The highest BCUT2D eigenvalue weighted by Crippen LogP contribution is 2.11. The van der Waals surface area contributed by atoms with E-state index in [1.165, 1.54) is 24.3 Å². The van der Waals surface area contributed by atoms with Crippen molar-refractivity contribution in [2.45, 2.75) is 6.10 Å². The second-order valence-corrected chi connectivity index (χ2v) is 7.37. The van der Waals surface area contributed by atoms with Crippen LogP contribution in [0.2, 0.25) is 0 Å². The number of piperazine rings is 1. The molecule has 10 heteroatoms. The highest BCUT2D eigenvalue weighted by atomic mass is 32.2. The lowest BCUT2D eigenvalue weighted by Crippen LogP contribution is -2.51. The van der Waals surface area contributed by atoms with Crippen molar-refractivity contribution >= 4 is 22.0 Å². The van der Waals surface area contributed by atoms with Crippen LogP contribution in [-0.4, -0.2) is 89.4 Å². The Hall–Kier alpha value is -2.01. The van der Waals surface area contributed by atoms with Crippen molar-refractivity contribution in [2.24, 2.45) is 0 Å². The fourth-order valence-corrected chi connectivity index (χ4v) is 3.26. The topological polar surface area (TPSA) is 135 Å². The van der Waals surface area contributed by atoms with Crippen molar-refractivity contribution in [1.29, 1.82) is 0 Å². The van der Waals surface area contributed by atoms with Crippen molar-refractivity contribution in [3.05, 3.63) is 35.4 Å². The van der Waals surface area contributed by atoms with Gasteiger partial charge in [-0.1, -0.05) is 0 Å². The van der Waals surface area contributed by atoms with Gasteiger partial charge < -0.3 is 15.1 Å². The summed E-state index contributed by atoms with van der Waals surface area (Å²) in [7, 11) is -4.23. The van der Waals surface area contributed by atoms with Gasteiger partial charge in [0.05, 0.1) is 11.7 Å². The molecule has 1 aromatic rings. The standard InChI is InChI=1S/C15H20N2O7S/c18-13(10-25(22,23)24)9-16-5-7-17(8-6-16)14(19)11-1-3-12(4-2-11)15(20)21/h1-4,13,18H,5-10H2,(H,20,21)(H,22,23,24)/t13-/m0/s1. The number of rotatable bonds is 6. The van der Waals surface area contributed by atoms with Gasteiger partial charge in [0, 0.05) is 38.3 Å². The molecule has 2 rings (SSSR count). The molecule has 1 fully saturated rings. The Morgan fingerprint density at radius 2 is 1.56 bits per heavy atom. The van der Waals surface area contributed by atoms with Crippen molar-refractivity contribution in [3.8, 4) is 0 Å². The number of carboxylic acids is 1. The maximum atomic E-state index is 12.4. The van der Waals surface area contributed by atoms with E-state index in [0.29, 0.717) is 31.7 Å². The van der Waals surface area contributed by atoms with Gasteiger partial charge in [-0.2, -0.15) is 8.42 Å². The molecular formula is C15H20N2O7S. The van der Waals surface area contributed by atoms with Gasteiger partial charge in [-0.25, -0.2) is 4.79 Å². The van der Waals surface area contributed by atoms with Crippen molar-refractivity contribution in [1.82, 2.24) is 9.80 Å². The Bertz CT molecular complexity index is 725. The lowest BCUT2D eigenvalue weighted by atomic mass is 10.1. The summed E-state index contributed by atoms with van der Waals surface area (Å²) in [5.41, 5.74) is 0.499. The largest absolute Gasteiger partial charge is 0.478 e. The van der Waals surface area contributed by atoms with Crippen LogP contribution in [0.5, 0.6) is 0 Å². The maximum Gasteiger partial charge on any atom is 0.335 e. The molecule has 1 saturated heterocycles. The lowest BCUT2D eigenvalue weighted by molar-refractivity contribution is 0.0555. The molecule has 9 nitrogen and oxygen atoms in total. The number of carboxylic acid groups (broad SMARTS) is 1. The van der Waals surface area contributed by atoms with Crippen LogP contribution in [0.3, 0.4) is 0 Å². The first-order chi connectivity index (χ1) is 11.7. The number of benzene rings is 1. The van der Waals surface area contributed by atoms with E-state index < -0.39 is 27.9 Å². The first-order valence-electron chi connectivity index (χ1n) is 7.64. The third-order valence-corrected chi connectivity index (χ3v) is 4.72. The fraction of sp³-hybridized carbons (Fsp3) is 0.467. The van der Waals surface area contributed by atoms with Gasteiger partial charge in [0.25, 0.3) is 16.0 Å². The molecule has 138 valence electrons. The summed E-state index contributed by atoms with van der Waals surface area (Å²) >= 11 is 0. The molecular weight excluding hydrogens is 352 g/mol. The molecule has 3 N–H and O–H groups in total. The Morgan fingerprint density at radius 3 is 2.04 bits per heavy atom. The molecule has 1 atom stereocenters.